The van der Waals surface area contributed by atoms with Gasteiger partial charge >= 0.3 is 0 Å². The lowest BCUT2D eigenvalue weighted by molar-refractivity contribution is 0.927. The minimum Gasteiger partial charge on any atom is -0.318 e. The monoisotopic (exact) mass is 260 g/mol. The predicted octanol–water partition coefficient (Wildman–Crippen LogP) is 0.968. The number of aryl methyl sites for hydroxylation is 1. The molecule has 0 spiro atoms. The molecular weight excluding hydrogens is 255 g/mol. The summed E-state index contributed by atoms with van der Waals surface area (Å²) in [6, 6.07) is 0. The summed E-state index contributed by atoms with van der Waals surface area (Å²) in [4.78, 5) is 12.3. The maximum atomic E-state index is 4.15. The Balaban J connectivity index is 2.94. The van der Waals surface area contributed by atoms with E-state index in [2.05, 4.69) is 37.5 Å². The Kier molecular flexibility index (Phi) is 1.52. The highest BCUT2D eigenvalue weighted by molar-refractivity contribution is 14.1. The van der Waals surface area contributed by atoms with E-state index in [4.69, 9.17) is 0 Å². The lowest BCUT2D eigenvalue weighted by atomic mass is 10.6. The smallest absolute Gasteiger partial charge is 0.164 e. The van der Waals surface area contributed by atoms with Crippen molar-refractivity contribution in [1.82, 2.24) is 19.5 Å². The summed E-state index contributed by atoms with van der Waals surface area (Å²) < 4.78 is 2.77. The van der Waals surface area contributed by atoms with Gasteiger partial charge in [-0.25, -0.2) is 15.0 Å². The minimum absolute atomic E-state index is 0.871. The molecule has 0 aliphatic rings. The molecule has 0 saturated heterocycles. The molecule has 56 valence electrons. The minimum atomic E-state index is 0.871. The first-order valence-corrected chi connectivity index (χ1v) is 4.14. The SMILES string of the molecule is Cn1cnc2c(I)ncnc21. The van der Waals surface area contributed by atoms with Crippen LogP contribution in [0.25, 0.3) is 11.2 Å². The van der Waals surface area contributed by atoms with Crippen molar-refractivity contribution in [3.8, 4) is 0 Å². The second-order valence-electron chi connectivity index (χ2n) is 2.19. The molecule has 0 aromatic carbocycles. The number of hydrogen-bond acceptors (Lipinski definition) is 3. The molecule has 0 unspecified atom stereocenters. The van der Waals surface area contributed by atoms with Gasteiger partial charge in [0, 0.05) is 7.05 Å². The number of aromatic nitrogens is 4. The van der Waals surface area contributed by atoms with Gasteiger partial charge < -0.3 is 4.57 Å². The predicted molar refractivity (Wildman–Crippen MR) is 49.0 cm³/mol. The molecule has 2 aromatic heterocycles. The van der Waals surface area contributed by atoms with Gasteiger partial charge in [0.1, 0.15) is 15.5 Å². The third-order valence-electron chi connectivity index (χ3n) is 1.45. The van der Waals surface area contributed by atoms with Crippen LogP contribution >= 0.6 is 22.6 Å². The molecule has 0 amide bonds. The van der Waals surface area contributed by atoms with Gasteiger partial charge in [-0.05, 0) is 22.6 Å². The molecule has 0 saturated carbocycles. The van der Waals surface area contributed by atoms with E-state index in [9.17, 15) is 0 Å². The molecule has 11 heavy (non-hydrogen) atoms. The van der Waals surface area contributed by atoms with Crippen molar-refractivity contribution in [3.63, 3.8) is 0 Å². The third-order valence-corrected chi connectivity index (χ3v) is 2.24. The Hall–Kier alpha value is -0.720. The first kappa shape index (κ1) is 6.96. The molecule has 0 aliphatic heterocycles. The Morgan fingerprint density at radius 3 is 2.91 bits per heavy atom. The van der Waals surface area contributed by atoms with Crippen LogP contribution in [0.5, 0.6) is 0 Å². The van der Waals surface area contributed by atoms with E-state index in [0.717, 1.165) is 14.9 Å². The molecule has 4 nitrogen and oxygen atoms in total. The van der Waals surface area contributed by atoms with Crippen LogP contribution in [0, 0.1) is 3.70 Å². The Labute approximate surface area is 76.8 Å². The molecule has 0 fully saturated rings. The van der Waals surface area contributed by atoms with Gasteiger partial charge in [0.2, 0.25) is 0 Å². The zero-order chi connectivity index (χ0) is 7.84. The van der Waals surface area contributed by atoms with E-state index in [1.165, 1.54) is 0 Å². The van der Waals surface area contributed by atoms with Gasteiger partial charge in [-0.3, -0.25) is 0 Å². The number of hydrogen-bond donors (Lipinski definition) is 0. The summed E-state index contributed by atoms with van der Waals surface area (Å²) >= 11 is 2.14. The number of nitrogens with zero attached hydrogens (tertiary/aromatic N) is 4. The van der Waals surface area contributed by atoms with Crippen molar-refractivity contribution >= 4 is 33.8 Å². The van der Waals surface area contributed by atoms with Crippen LogP contribution in [-0.2, 0) is 7.05 Å². The van der Waals surface area contributed by atoms with Crippen molar-refractivity contribution in [2.75, 3.05) is 0 Å². The zero-order valence-electron chi connectivity index (χ0n) is 5.82. The largest absolute Gasteiger partial charge is 0.318 e. The zero-order valence-corrected chi connectivity index (χ0v) is 7.98. The fourth-order valence-corrected chi connectivity index (χ4v) is 1.42. The fraction of sp³-hybridized carbons (Fsp3) is 0.167. The molecule has 2 rings (SSSR count). The van der Waals surface area contributed by atoms with Crippen LogP contribution in [0.15, 0.2) is 12.7 Å². The molecule has 0 radical (unpaired) electrons. The highest BCUT2D eigenvalue weighted by atomic mass is 127. The van der Waals surface area contributed by atoms with E-state index in [1.54, 1.807) is 12.7 Å². The average Bonchev–Trinajstić information content (AvgIpc) is 2.35. The number of rotatable bonds is 0. The molecule has 0 aliphatic carbocycles. The summed E-state index contributed by atoms with van der Waals surface area (Å²) in [7, 11) is 1.92. The van der Waals surface area contributed by atoms with Crippen molar-refractivity contribution in [2.24, 2.45) is 7.05 Å². The van der Waals surface area contributed by atoms with Gasteiger partial charge in [0.05, 0.1) is 6.33 Å². The first-order chi connectivity index (χ1) is 5.29. The van der Waals surface area contributed by atoms with E-state index < -0.39 is 0 Å². The molecule has 0 N–H and O–H groups in total. The van der Waals surface area contributed by atoms with E-state index >= 15 is 0 Å². The van der Waals surface area contributed by atoms with E-state index in [-0.39, 0.29) is 0 Å². The highest BCUT2D eigenvalue weighted by Gasteiger charge is 2.03. The van der Waals surface area contributed by atoms with Crippen LogP contribution in [-0.4, -0.2) is 19.5 Å². The maximum Gasteiger partial charge on any atom is 0.164 e. The van der Waals surface area contributed by atoms with Crippen LogP contribution in [0.3, 0.4) is 0 Å². The van der Waals surface area contributed by atoms with Crippen LogP contribution in [0.1, 0.15) is 0 Å². The second kappa shape index (κ2) is 2.40. The van der Waals surface area contributed by atoms with Crippen LogP contribution in [0.4, 0.5) is 0 Å². The molecule has 2 heterocycles. The first-order valence-electron chi connectivity index (χ1n) is 3.06. The standard InChI is InChI=1S/C6H5IN4/c1-11-3-10-4-5(7)8-2-9-6(4)11/h2-3H,1H3. The molecule has 0 bridgehead atoms. The number of halogens is 1. The molecule has 2 aromatic rings. The Bertz CT molecular complexity index is 394. The van der Waals surface area contributed by atoms with Gasteiger partial charge in [-0.1, -0.05) is 0 Å². The van der Waals surface area contributed by atoms with Gasteiger partial charge in [0.15, 0.2) is 5.65 Å². The third kappa shape index (κ3) is 0.991. The molecule has 0 atom stereocenters. The fourth-order valence-electron chi connectivity index (χ4n) is 0.917. The number of imidazole rings is 1. The van der Waals surface area contributed by atoms with Gasteiger partial charge in [0.25, 0.3) is 0 Å². The van der Waals surface area contributed by atoms with Crippen LogP contribution in [0.2, 0.25) is 0 Å². The summed E-state index contributed by atoms with van der Waals surface area (Å²) in [5.41, 5.74) is 1.75. The van der Waals surface area contributed by atoms with Crippen molar-refractivity contribution < 1.29 is 0 Å². The maximum absolute atomic E-state index is 4.15. The Morgan fingerprint density at radius 1 is 1.36 bits per heavy atom. The lowest BCUT2D eigenvalue weighted by Crippen LogP contribution is -1.90. The topological polar surface area (TPSA) is 43.6 Å². The normalized spacial score (nSPS) is 10.7. The van der Waals surface area contributed by atoms with Crippen molar-refractivity contribution in [3.05, 3.63) is 16.4 Å². The van der Waals surface area contributed by atoms with E-state index in [1.807, 2.05) is 11.6 Å². The summed E-state index contributed by atoms with van der Waals surface area (Å²) in [5, 5.41) is 0. The summed E-state index contributed by atoms with van der Waals surface area (Å²) in [6.45, 7) is 0. The van der Waals surface area contributed by atoms with Crippen LogP contribution < -0.4 is 0 Å². The Morgan fingerprint density at radius 2 is 2.18 bits per heavy atom. The molecular formula is C6H5IN4. The molecule has 5 heteroatoms. The summed E-state index contributed by atoms with van der Waals surface area (Å²) in [5.74, 6) is 0. The van der Waals surface area contributed by atoms with E-state index in [0.29, 0.717) is 0 Å². The van der Waals surface area contributed by atoms with Crippen molar-refractivity contribution in [2.45, 2.75) is 0 Å². The van der Waals surface area contributed by atoms with Gasteiger partial charge in [-0.15, -0.1) is 0 Å². The lowest BCUT2D eigenvalue weighted by Gasteiger charge is -1.91. The van der Waals surface area contributed by atoms with Gasteiger partial charge in [-0.2, -0.15) is 0 Å². The summed E-state index contributed by atoms with van der Waals surface area (Å²) in [6.07, 6.45) is 3.29. The number of fused-ring (bicyclic) bond motifs is 1. The second-order valence-corrected chi connectivity index (χ2v) is 3.21. The average molecular weight is 260 g/mol. The van der Waals surface area contributed by atoms with Crippen molar-refractivity contribution in [1.29, 1.82) is 0 Å². The highest BCUT2D eigenvalue weighted by Crippen LogP contribution is 2.12. The quantitative estimate of drug-likeness (QED) is 0.523.